The number of thiophene rings is 1. The fourth-order valence-electron chi connectivity index (χ4n) is 1.44. The van der Waals surface area contributed by atoms with Crippen LogP contribution in [0.15, 0.2) is 28.7 Å². The van der Waals surface area contributed by atoms with E-state index in [-0.39, 0.29) is 10.8 Å². The molecule has 1 heterocycles. The molecule has 1 aromatic heterocycles. The van der Waals surface area contributed by atoms with Crippen LogP contribution in [0.5, 0.6) is 10.8 Å². The fourth-order valence-corrected chi connectivity index (χ4v) is 2.86. The number of hydrogen-bond donors (Lipinski definition) is 1. The van der Waals surface area contributed by atoms with Gasteiger partial charge in [0.25, 0.3) is 5.06 Å². The van der Waals surface area contributed by atoms with Gasteiger partial charge >= 0.3 is 5.69 Å². The Labute approximate surface area is 132 Å². The van der Waals surface area contributed by atoms with E-state index in [1.165, 1.54) is 13.0 Å². The third kappa shape index (κ3) is 3.29. The van der Waals surface area contributed by atoms with Gasteiger partial charge in [-0.15, -0.1) is 0 Å². The van der Waals surface area contributed by atoms with Crippen molar-refractivity contribution in [2.24, 2.45) is 0 Å². The molecular formula is C12H9BrClNO4S. The monoisotopic (exact) mass is 377 g/mol. The second-order valence-electron chi connectivity index (χ2n) is 3.93. The molecule has 106 valence electrons. The molecule has 1 N–H and O–H groups in total. The summed E-state index contributed by atoms with van der Waals surface area (Å²) in [6.07, 6.45) is -0.797. The van der Waals surface area contributed by atoms with Crippen molar-refractivity contribution in [2.75, 3.05) is 0 Å². The molecule has 0 spiro atoms. The minimum absolute atomic E-state index is 0.0888. The first-order valence-corrected chi connectivity index (χ1v) is 7.46. The topological polar surface area (TPSA) is 72.6 Å². The maximum absolute atomic E-state index is 11.0. The highest BCUT2D eigenvalue weighted by Crippen LogP contribution is 2.43. The Kier molecular flexibility index (Phi) is 4.64. The van der Waals surface area contributed by atoms with E-state index in [4.69, 9.17) is 16.3 Å². The van der Waals surface area contributed by atoms with Gasteiger partial charge in [0, 0.05) is 15.4 Å². The Hall–Kier alpha value is -1.15. The Morgan fingerprint density at radius 3 is 2.80 bits per heavy atom. The van der Waals surface area contributed by atoms with Crippen molar-refractivity contribution < 1.29 is 14.8 Å². The molecule has 1 atom stereocenters. The lowest BCUT2D eigenvalue weighted by atomic mass is 10.3. The van der Waals surface area contributed by atoms with E-state index in [2.05, 4.69) is 15.9 Å². The van der Waals surface area contributed by atoms with Crippen molar-refractivity contribution >= 4 is 44.6 Å². The molecule has 20 heavy (non-hydrogen) atoms. The van der Waals surface area contributed by atoms with Crippen LogP contribution < -0.4 is 4.74 Å². The van der Waals surface area contributed by atoms with E-state index in [9.17, 15) is 15.2 Å². The number of ether oxygens (including phenoxy) is 1. The number of nitrogens with zero attached hydrogens (tertiary/aromatic N) is 1. The van der Waals surface area contributed by atoms with E-state index in [0.717, 1.165) is 15.8 Å². The number of aliphatic hydroxyl groups excluding tert-OH is 1. The van der Waals surface area contributed by atoms with Gasteiger partial charge in [-0.05, 0) is 25.1 Å². The number of benzene rings is 1. The molecule has 0 amide bonds. The van der Waals surface area contributed by atoms with E-state index in [1.54, 1.807) is 18.2 Å². The summed E-state index contributed by atoms with van der Waals surface area (Å²) in [5.74, 6) is 0.308. The smallest absolute Gasteiger partial charge is 0.323 e. The summed E-state index contributed by atoms with van der Waals surface area (Å²) in [4.78, 5) is 10.9. The Morgan fingerprint density at radius 1 is 1.50 bits per heavy atom. The Morgan fingerprint density at radius 2 is 2.20 bits per heavy atom. The van der Waals surface area contributed by atoms with Gasteiger partial charge in [-0.2, -0.15) is 0 Å². The molecule has 0 saturated carbocycles. The minimum Gasteiger partial charge on any atom is -0.438 e. The summed E-state index contributed by atoms with van der Waals surface area (Å²) in [7, 11) is 0. The van der Waals surface area contributed by atoms with Gasteiger partial charge in [-0.1, -0.05) is 38.9 Å². The summed E-state index contributed by atoms with van der Waals surface area (Å²) < 4.78 is 6.26. The van der Waals surface area contributed by atoms with Crippen LogP contribution in [0.4, 0.5) is 5.69 Å². The zero-order valence-corrected chi connectivity index (χ0v) is 13.3. The van der Waals surface area contributed by atoms with Gasteiger partial charge in [-0.3, -0.25) is 10.1 Å². The highest BCUT2D eigenvalue weighted by molar-refractivity contribution is 9.10. The molecule has 2 rings (SSSR count). The predicted molar refractivity (Wildman–Crippen MR) is 80.8 cm³/mol. The maximum Gasteiger partial charge on any atom is 0.323 e. The van der Waals surface area contributed by atoms with Crippen molar-refractivity contribution in [3.8, 4) is 10.8 Å². The zero-order valence-electron chi connectivity index (χ0n) is 10.2. The molecule has 1 aromatic carbocycles. The van der Waals surface area contributed by atoms with Crippen LogP contribution in [0.25, 0.3) is 0 Å². The standard InChI is InChI=1S/C12H9BrClNO4S/c1-6(16)11-5-9(15(17)18)12(20-11)19-10-4-7(13)2-3-8(10)14/h2-6,16H,1H3. The lowest BCUT2D eigenvalue weighted by molar-refractivity contribution is -0.385. The van der Waals surface area contributed by atoms with Crippen LogP contribution in [-0.4, -0.2) is 10.0 Å². The van der Waals surface area contributed by atoms with Crippen LogP contribution in [0, 0.1) is 10.1 Å². The van der Waals surface area contributed by atoms with E-state index in [1.807, 2.05) is 0 Å². The second kappa shape index (κ2) is 6.09. The molecule has 0 radical (unpaired) electrons. The highest BCUT2D eigenvalue weighted by atomic mass is 79.9. The molecule has 0 aliphatic rings. The quantitative estimate of drug-likeness (QED) is 0.605. The van der Waals surface area contributed by atoms with Gasteiger partial charge < -0.3 is 9.84 Å². The fraction of sp³-hybridized carbons (Fsp3) is 0.167. The lowest BCUT2D eigenvalue weighted by Crippen LogP contribution is -1.90. The second-order valence-corrected chi connectivity index (χ2v) is 6.30. The summed E-state index contributed by atoms with van der Waals surface area (Å²) >= 11 is 10.3. The first-order chi connectivity index (χ1) is 9.38. The van der Waals surface area contributed by atoms with Gasteiger partial charge in [0.05, 0.1) is 16.0 Å². The SMILES string of the molecule is CC(O)c1cc([N+](=O)[O-])c(Oc2cc(Br)ccc2Cl)s1. The molecule has 2 aromatic rings. The Balaban J connectivity index is 2.42. The van der Waals surface area contributed by atoms with Gasteiger partial charge in [0.2, 0.25) is 0 Å². The molecular weight excluding hydrogens is 370 g/mol. The van der Waals surface area contributed by atoms with Gasteiger partial charge in [-0.25, -0.2) is 0 Å². The molecule has 0 fully saturated rings. The third-order valence-corrected chi connectivity index (χ3v) is 4.38. The number of nitro groups is 1. The zero-order chi connectivity index (χ0) is 14.9. The molecule has 0 saturated heterocycles. The van der Waals surface area contributed by atoms with E-state index < -0.39 is 11.0 Å². The molecule has 5 nitrogen and oxygen atoms in total. The summed E-state index contributed by atoms with van der Waals surface area (Å²) in [5, 5.41) is 20.9. The molecule has 0 aliphatic heterocycles. The average molecular weight is 379 g/mol. The van der Waals surface area contributed by atoms with Crippen LogP contribution in [0.2, 0.25) is 5.02 Å². The van der Waals surface area contributed by atoms with Gasteiger partial charge in [0.15, 0.2) is 0 Å². The van der Waals surface area contributed by atoms with Crippen LogP contribution in [0.1, 0.15) is 17.9 Å². The first-order valence-electron chi connectivity index (χ1n) is 5.47. The maximum atomic E-state index is 11.0. The summed E-state index contributed by atoms with van der Waals surface area (Å²) in [6, 6.07) is 6.28. The predicted octanol–water partition coefficient (Wildman–Crippen LogP) is 4.92. The van der Waals surface area contributed by atoms with Crippen LogP contribution in [-0.2, 0) is 0 Å². The molecule has 0 aliphatic carbocycles. The number of hydrogen-bond acceptors (Lipinski definition) is 5. The van der Waals surface area contributed by atoms with Crippen LogP contribution in [0.3, 0.4) is 0 Å². The molecule has 0 bridgehead atoms. The number of halogens is 2. The van der Waals surface area contributed by atoms with Crippen molar-refractivity contribution in [3.63, 3.8) is 0 Å². The minimum atomic E-state index is -0.797. The van der Waals surface area contributed by atoms with E-state index in [0.29, 0.717) is 15.6 Å². The van der Waals surface area contributed by atoms with Crippen molar-refractivity contribution in [3.05, 3.63) is 48.8 Å². The number of aliphatic hydroxyl groups is 1. The Bertz CT molecular complexity index is 659. The average Bonchev–Trinajstić information content (AvgIpc) is 2.78. The number of rotatable bonds is 4. The van der Waals surface area contributed by atoms with Crippen LogP contribution >= 0.6 is 38.9 Å². The van der Waals surface area contributed by atoms with Crippen molar-refractivity contribution in [1.82, 2.24) is 0 Å². The molecule has 8 heteroatoms. The lowest BCUT2D eigenvalue weighted by Gasteiger charge is -2.05. The summed E-state index contributed by atoms with van der Waals surface area (Å²) in [5.41, 5.74) is -0.193. The normalized spacial score (nSPS) is 12.2. The van der Waals surface area contributed by atoms with Crippen molar-refractivity contribution in [2.45, 2.75) is 13.0 Å². The highest BCUT2D eigenvalue weighted by Gasteiger charge is 2.23. The largest absolute Gasteiger partial charge is 0.438 e. The van der Waals surface area contributed by atoms with Crippen molar-refractivity contribution in [1.29, 1.82) is 0 Å². The van der Waals surface area contributed by atoms with E-state index >= 15 is 0 Å². The third-order valence-electron chi connectivity index (χ3n) is 2.40. The van der Waals surface area contributed by atoms with Gasteiger partial charge in [0.1, 0.15) is 5.75 Å². The molecule has 1 unspecified atom stereocenters. The first kappa shape index (κ1) is 15.2. The summed E-state index contributed by atoms with van der Waals surface area (Å²) in [6.45, 7) is 1.53.